The SMILES string of the molecule is CC(C)(C)NC(=O)C[NH+]1CCN(C(=O)COC(=O)c2cc3ccccc3s2)CC1. The van der Waals surface area contributed by atoms with Crippen molar-refractivity contribution in [3.05, 3.63) is 35.2 Å². The number of hydrogen-bond acceptors (Lipinski definition) is 5. The molecular weight excluding hydrogens is 390 g/mol. The number of fused-ring (bicyclic) bond motifs is 1. The zero-order valence-electron chi connectivity index (χ0n) is 17.1. The number of nitrogens with one attached hydrogen (secondary N) is 2. The van der Waals surface area contributed by atoms with Gasteiger partial charge in [-0.15, -0.1) is 11.3 Å². The van der Waals surface area contributed by atoms with Crippen LogP contribution < -0.4 is 10.2 Å². The van der Waals surface area contributed by atoms with Crippen LogP contribution in [0.2, 0.25) is 0 Å². The molecule has 1 aromatic heterocycles. The van der Waals surface area contributed by atoms with Crippen LogP contribution in [0, 0.1) is 0 Å². The number of benzene rings is 1. The van der Waals surface area contributed by atoms with E-state index in [9.17, 15) is 14.4 Å². The second kappa shape index (κ2) is 8.92. The molecule has 1 saturated heterocycles. The predicted octanol–water partition coefficient (Wildman–Crippen LogP) is 0.700. The predicted molar refractivity (Wildman–Crippen MR) is 112 cm³/mol. The van der Waals surface area contributed by atoms with Crippen molar-refractivity contribution in [2.24, 2.45) is 0 Å². The van der Waals surface area contributed by atoms with E-state index in [1.807, 2.05) is 45.0 Å². The largest absolute Gasteiger partial charge is 0.451 e. The maximum absolute atomic E-state index is 12.4. The molecule has 1 aliphatic heterocycles. The normalized spacial score (nSPS) is 15.3. The second-order valence-corrected chi connectivity index (χ2v) is 9.41. The zero-order valence-corrected chi connectivity index (χ0v) is 17.9. The number of piperazine rings is 1. The van der Waals surface area contributed by atoms with Crippen molar-refractivity contribution in [1.29, 1.82) is 0 Å². The summed E-state index contributed by atoms with van der Waals surface area (Å²) in [7, 11) is 0. The van der Waals surface area contributed by atoms with Gasteiger partial charge in [-0.25, -0.2) is 4.79 Å². The van der Waals surface area contributed by atoms with E-state index >= 15 is 0 Å². The average Bonchev–Trinajstić information content (AvgIpc) is 3.09. The summed E-state index contributed by atoms with van der Waals surface area (Å²) in [4.78, 5) is 40.0. The lowest BCUT2D eigenvalue weighted by atomic mass is 10.1. The van der Waals surface area contributed by atoms with Gasteiger partial charge < -0.3 is 19.9 Å². The van der Waals surface area contributed by atoms with Gasteiger partial charge in [-0.2, -0.15) is 0 Å². The number of carbonyl (C=O) groups excluding carboxylic acids is 3. The van der Waals surface area contributed by atoms with Crippen molar-refractivity contribution in [1.82, 2.24) is 10.2 Å². The summed E-state index contributed by atoms with van der Waals surface area (Å²) in [6, 6.07) is 9.52. The van der Waals surface area contributed by atoms with Gasteiger partial charge in [0.2, 0.25) is 0 Å². The van der Waals surface area contributed by atoms with Crippen molar-refractivity contribution < 1.29 is 24.0 Å². The lowest BCUT2D eigenvalue weighted by Crippen LogP contribution is -3.16. The van der Waals surface area contributed by atoms with Gasteiger partial charge in [0.15, 0.2) is 13.2 Å². The number of rotatable bonds is 5. The summed E-state index contributed by atoms with van der Waals surface area (Å²) in [6.45, 7) is 8.52. The van der Waals surface area contributed by atoms with Crippen LogP contribution in [0.25, 0.3) is 10.1 Å². The number of nitrogens with zero attached hydrogens (tertiary/aromatic N) is 1. The summed E-state index contributed by atoms with van der Waals surface area (Å²) in [5.41, 5.74) is -0.243. The summed E-state index contributed by atoms with van der Waals surface area (Å²) in [6.07, 6.45) is 0. The fraction of sp³-hybridized carbons (Fsp3) is 0.476. The lowest BCUT2D eigenvalue weighted by molar-refractivity contribution is -0.896. The topological polar surface area (TPSA) is 80.2 Å². The van der Waals surface area contributed by atoms with E-state index in [-0.39, 0.29) is 24.0 Å². The van der Waals surface area contributed by atoms with Crippen LogP contribution in [-0.2, 0) is 14.3 Å². The van der Waals surface area contributed by atoms with E-state index in [2.05, 4.69) is 5.32 Å². The standard InChI is InChI=1S/C21H27N3O4S/c1-21(2,3)22-18(25)13-23-8-10-24(11-9-23)19(26)14-28-20(27)17-12-15-6-4-5-7-16(15)29-17/h4-7,12H,8-11,13-14H2,1-3H3,(H,22,25)/p+1. The van der Waals surface area contributed by atoms with Crippen LogP contribution in [0.15, 0.2) is 30.3 Å². The number of hydrogen-bond donors (Lipinski definition) is 2. The second-order valence-electron chi connectivity index (χ2n) is 8.33. The molecule has 7 nitrogen and oxygen atoms in total. The summed E-state index contributed by atoms with van der Waals surface area (Å²) in [5.74, 6) is -0.648. The van der Waals surface area contributed by atoms with Crippen LogP contribution in [0.3, 0.4) is 0 Å². The smallest absolute Gasteiger partial charge is 0.348 e. The number of amides is 2. The Morgan fingerprint density at radius 2 is 1.86 bits per heavy atom. The molecule has 2 aromatic rings. The molecule has 0 unspecified atom stereocenters. The van der Waals surface area contributed by atoms with Crippen LogP contribution in [-0.4, -0.2) is 67.6 Å². The Bertz CT molecular complexity index is 862. The molecule has 3 rings (SSSR count). The number of thiophene rings is 1. The number of esters is 1. The quantitative estimate of drug-likeness (QED) is 0.701. The fourth-order valence-corrected chi connectivity index (χ4v) is 4.27. The minimum Gasteiger partial charge on any atom is -0.451 e. The molecule has 0 spiro atoms. The number of carbonyl (C=O) groups is 3. The molecule has 8 heteroatoms. The molecule has 0 saturated carbocycles. The third-order valence-corrected chi connectivity index (χ3v) is 5.80. The first-order valence-corrected chi connectivity index (χ1v) is 10.6. The molecular formula is C21H28N3O4S+. The molecule has 2 heterocycles. The van der Waals surface area contributed by atoms with Gasteiger partial charge in [-0.3, -0.25) is 9.59 Å². The number of ether oxygens (including phenoxy) is 1. The highest BCUT2D eigenvalue weighted by Crippen LogP contribution is 2.25. The molecule has 1 fully saturated rings. The van der Waals surface area contributed by atoms with Gasteiger partial charge in [0.25, 0.3) is 11.8 Å². The minimum atomic E-state index is -0.470. The first-order valence-electron chi connectivity index (χ1n) is 9.79. The third kappa shape index (κ3) is 6.01. The molecule has 1 aromatic carbocycles. The van der Waals surface area contributed by atoms with Crippen molar-refractivity contribution in [3.8, 4) is 0 Å². The Morgan fingerprint density at radius 3 is 2.52 bits per heavy atom. The highest BCUT2D eigenvalue weighted by atomic mass is 32.1. The molecule has 0 bridgehead atoms. The first-order chi connectivity index (χ1) is 13.7. The van der Waals surface area contributed by atoms with Crippen molar-refractivity contribution in [2.75, 3.05) is 39.3 Å². The van der Waals surface area contributed by atoms with E-state index in [0.29, 0.717) is 37.6 Å². The van der Waals surface area contributed by atoms with E-state index in [0.717, 1.165) is 15.0 Å². The summed E-state index contributed by atoms with van der Waals surface area (Å²) < 4.78 is 6.24. The monoisotopic (exact) mass is 418 g/mol. The van der Waals surface area contributed by atoms with E-state index < -0.39 is 5.97 Å². The van der Waals surface area contributed by atoms with Gasteiger partial charge in [0.05, 0.1) is 26.2 Å². The Balaban J connectivity index is 1.42. The van der Waals surface area contributed by atoms with E-state index in [1.165, 1.54) is 11.3 Å². The van der Waals surface area contributed by atoms with Crippen molar-refractivity contribution in [3.63, 3.8) is 0 Å². The van der Waals surface area contributed by atoms with Crippen LogP contribution in [0.4, 0.5) is 0 Å². The van der Waals surface area contributed by atoms with Crippen LogP contribution in [0.1, 0.15) is 30.4 Å². The minimum absolute atomic E-state index is 0.0181. The Hall–Kier alpha value is -2.45. The van der Waals surface area contributed by atoms with Crippen LogP contribution >= 0.6 is 11.3 Å². The maximum atomic E-state index is 12.4. The van der Waals surface area contributed by atoms with Gasteiger partial charge in [0.1, 0.15) is 4.88 Å². The molecule has 156 valence electrons. The van der Waals surface area contributed by atoms with E-state index in [1.54, 1.807) is 11.0 Å². The summed E-state index contributed by atoms with van der Waals surface area (Å²) >= 11 is 1.36. The highest BCUT2D eigenvalue weighted by molar-refractivity contribution is 7.20. The highest BCUT2D eigenvalue weighted by Gasteiger charge is 2.27. The van der Waals surface area contributed by atoms with Crippen molar-refractivity contribution in [2.45, 2.75) is 26.3 Å². The van der Waals surface area contributed by atoms with Gasteiger partial charge in [-0.1, -0.05) is 18.2 Å². The molecule has 0 atom stereocenters. The molecule has 2 N–H and O–H groups in total. The van der Waals surface area contributed by atoms with Crippen LogP contribution in [0.5, 0.6) is 0 Å². The molecule has 29 heavy (non-hydrogen) atoms. The number of quaternary nitrogens is 1. The van der Waals surface area contributed by atoms with E-state index in [4.69, 9.17) is 4.74 Å². The Kier molecular flexibility index (Phi) is 6.54. The molecule has 1 aliphatic rings. The van der Waals surface area contributed by atoms with Gasteiger partial charge in [0, 0.05) is 10.2 Å². The molecule has 0 radical (unpaired) electrons. The lowest BCUT2D eigenvalue weighted by Gasteiger charge is -2.32. The molecule has 2 amide bonds. The zero-order chi connectivity index (χ0) is 21.0. The third-order valence-electron chi connectivity index (χ3n) is 4.70. The maximum Gasteiger partial charge on any atom is 0.348 e. The first kappa shape index (κ1) is 21.3. The average molecular weight is 419 g/mol. The fourth-order valence-electron chi connectivity index (χ4n) is 3.31. The van der Waals surface area contributed by atoms with Crippen molar-refractivity contribution >= 4 is 39.2 Å². The van der Waals surface area contributed by atoms with Gasteiger partial charge >= 0.3 is 5.97 Å². The Morgan fingerprint density at radius 1 is 1.17 bits per heavy atom. The Labute approximate surface area is 174 Å². The molecule has 0 aliphatic carbocycles. The summed E-state index contributed by atoms with van der Waals surface area (Å²) in [5, 5.41) is 3.95. The van der Waals surface area contributed by atoms with Gasteiger partial charge in [-0.05, 0) is 38.3 Å².